The Morgan fingerprint density at radius 1 is 1.60 bits per heavy atom. The Hall–Kier alpha value is -1.88. The maximum absolute atomic E-state index is 10.8. The molecule has 0 aliphatic heterocycles. The molecule has 0 bridgehead atoms. The largest absolute Gasteiger partial charge is 0.490 e. The average Bonchev–Trinajstić information content (AvgIpc) is 2.25. The maximum Gasteiger partial charge on any atom is 0.318 e. The van der Waals surface area contributed by atoms with Gasteiger partial charge in [0.25, 0.3) is 0 Å². The van der Waals surface area contributed by atoms with Crippen molar-refractivity contribution in [1.82, 2.24) is 0 Å². The molecule has 0 aliphatic rings. The van der Waals surface area contributed by atoms with Crippen LogP contribution in [0.3, 0.4) is 0 Å². The molecule has 0 radical (unpaired) electrons. The first-order valence-electron chi connectivity index (χ1n) is 4.29. The summed E-state index contributed by atoms with van der Waals surface area (Å²) in [7, 11) is 1.38. The molecule has 0 aliphatic carbocycles. The van der Waals surface area contributed by atoms with Gasteiger partial charge in [-0.3, -0.25) is 10.1 Å². The van der Waals surface area contributed by atoms with Gasteiger partial charge in [-0.1, -0.05) is 12.1 Å². The van der Waals surface area contributed by atoms with E-state index in [1.54, 1.807) is 12.1 Å². The van der Waals surface area contributed by atoms with Crippen molar-refractivity contribution in [3.8, 4) is 5.75 Å². The first-order chi connectivity index (χ1) is 7.20. The number of hydrogen-bond donors (Lipinski definition) is 1. The third kappa shape index (κ3) is 2.54. The number of methoxy groups -OCH3 is 1. The lowest BCUT2D eigenvalue weighted by Crippen LogP contribution is -1.96. The van der Waals surface area contributed by atoms with Gasteiger partial charge in [-0.05, 0) is 18.2 Å². The molecule has 0 fully saturated rings. The minimum atomic E-state index is -0.504. The molecule has 0 spiro atoms. The fourth-order valence-electron chi connectivity index (χ4n) is 1.21. The molecule has 1 aromatic rings. The fourth-order valence-corrected chi connectivity index (χ4v) is 1.21. The predicted octanol–water partition coefficient (Wildman–Crippen LogP) is 1.61. The average molecular weight is 209 g/mol. The summed E-state index contributed by atoms with van der Waals surface area (Å²) in [6.45, 7) is -0.158. The number of para-hydroxylation sites is 1. The first kappa shape index (κ1) is 11.2. The molecule has 0 unspecified atom stereocenters. The van der Waals surface area contributed by atoms with Gasteiger partial charge in [0.15, 0.2) is 5.75 Å². The van der Waals surface area contributed by atoms with Crippen molar-refractivity contribution in [2.45, 2.75) is 0 Å². The van der Waals surface area contributed by atoms with Gasteiger partial charge in [0.1, 0.15) is 0 Å². The Labute approximate surface area is 86.8 Å². The Morgan fingerprint density at radius 2 is 2.33 bits per heavy atom. The van der Waals surface area contributed by atoms with Crippen LogP contribution in [-0.4, -0.2) is 23.7 Å². The topological polar surface area (TPSA) is 72.6 Å². The summed E-state index contributed by atoms with van der Waals surface area (Å²) in [5, 5.41) is 19.4. The minimum Gasteiger partial charge on any atom is -0.490 e. The lowest BCUT2D eigenvalue weighted by atomic mass is 10.1. The zero-order valence-corrected chi connectivity index (χ0v) is 8.21. The van der Waals surface area contributed by atoms with E-state index in [2.05, 4.69) is 0 Å². The molecule has 5 heteroatoms. The molecule has 0 saturated carbocycles. The normalized spacial score (nSPS) is 10.5. The summed E-state index contributed by atoms with van der Waals surface area (Å²) < 4.78 is 4.89. The Balaban J connectivity index is 3.25. The zero-order chi connectivity index (χ0) is 11.3. The van der Waals surface area contributed by atoms with Gasteiger partial charge in [-0.15, -0.1) is 0 Å². The maximum atomic E-state index is 10.8. The van der Waals surface area contributed by atoms with Crippen molar-refractivity contribution < 1.29 is 14.8 Å². The van der Waals surface area contributed by atoms with E-state index in [0.29, 0.717) is 5.56 Å². The zero-order valence-electron chi connectivity index (χ0n) is 8.21. The molecule has 80 valence electrons. The lowest BCUT2D eigenvalue weighted by Gasteiger charge is -2.03. The SMILES string of the molecule is COc1cccc(/C=C/CO)c1[N+](=O)[O-]. The molecule has 0 aromatic heterocycles. The molecule has 15 heavy (non-hydrogen) atoms. The Bertz CT molecular complexity index is 387. The number of ether oxygens (including phenoxy) is 1. The van der Waals surface area contributed by atoms with Crippen LogP contribution in [0.5, 0.6) is 5.75 Å². The summed E-state index contributed by atoms with van der Waals surface area (Å²) in [6.07, 6.45) is 2.92. The van der Waals surface area contributed by atoms with Crippen LogP contribution >= 0.6 is 0 Å². The highest BCUT2D eigenvalue weighted by Gasteiger charge is 2.18. The monoisotopic (exact) mass is 209 g/mol. The van der Waals surface area contributed by atoms with Crippen molar-refractivity contribution in [1.29, 1.82) is 0 Å². The third-order valence-electron chi connectivity index (χ3n) is 1.84. The van der Waals surface area contributed by atoms with Gasteiger partial charge in [0, 0.05) is 0 Å². The number of nitrogens with zero attached hydrogens (tertiary/aromatic N) is 1. The second-order valence-corrected chi connectivity index (χ2v) is 2.74. The standard InChI is InChI=1S/C10H11NO4/c1-15-9-6-2-4-8(5-3-7-12)10(9)11(13)14/h2-6,12H,7H2,1H3/b5-3+. The number of nitro groups is 1. The first-order valence-corrected chi connectivity index (χ1v) is 4.29. The highest BCUT2D eigenvalue weighted by molar-refractivity contribution is 5.66. The molecule has 1 aromatic carbocycles. The van der Waals surface area contributed by atoms with Gasteiger partial charge in [-0.2, -0.15) is 0 Å². The molecule has 0 amide bonds. The number of aliphatic hydroxyl groups is 1. The second kappa shape index (κ2) is 5.11. The summed E-state index contributed by atoms with van der Waals surface area (Å²) in [4.78, 5) is 10.3. The molecule has 5 nitrogen and oxygen atoms in total. The van der Waals surface area contributed by atoms with E-state index in [9.17, 15) is 10.1 Å². The van der Waals surface area contributed by atoms with E-state index in [0.717, 1.165) is 0 Å². The van der Waals surface area contributed by atoms with Gasteiger partial charge >= 0.3 is 5.69 Å². The molecule has 0 saturated heterocycles. The minimum absolute atomic E-state index is 0.0929. The van der Waals surface area contributed by atoms with Gasteiger partial charge in [0.05, 0.1) is 24.2 Å². The summed E-state index contributed by atoms with van der Waals surface area (Å²) in [5.74, 6) is 0.208. The van der Waals surface area contributed by atoms with E-state index >= 15 is 0 Å². The quantitative estimate of drug-likeness (QED) is 0.604. The van der Waals surface area contributed by atoms with E-state index < -0.39 is 4.92 Å². The van der Waals surface area contributed by atoms with Crippen LogP contribution in [0.2, 0.25) is 0 Å². The van der Waals surface area contributed by atoms with E-state index in [1.807, 2.05) is 0 Å². The Morgan fingerprint density at radius 3 is 2.87 bits per heavy atom. The van der Waals surface area contributed by atoms with Gasteiger partial charge < -0.3 is 9.84 Å². The number of hydrogen-bond acceptors (Lipinski definition) is 4. The van der Waals surface area contributed by atoms with Crippen LogP contribution < -0.4 is 4.74 Å². The molecule has 1 rings (SSSR count). The number of aliphatic hydroxyl groups excluding tert-OH is 1. The lowest BCUT2D eigenvalue weighted by molar-refractivity contribution is -0.386. The van der Waals surface area contributed by atoms with E-state index in [1.165, 1.54) is 25.3 Å². The number of rotatable bonds is 4. The Kier molecular flexibility index (Phi) is 3.82. The van der Waals surface area contributed by atoms with Crippen LogP contribution in [0.15, 0.2) is 24.3 Å². The summed E-state index contributed by atoms with van der Waals surface area (Å²) >= 11 is 0. The summed E-state index contributed by atoms with van der Waals surface area (Å²) in [5.41, 5.74) is 0.318. The highest BCUT2D eigenvalue weighted by atomic mass is 16.6. The van der Waals surface area contributed by atoms with Gasteiger partial charge in [0.2, 0.25) is 0 Å². The molecular weight excluding hydrogens is 198 g/mol. The predicted molar refractivity (Wildman–Crippen MR) is 55.8 cm³/mol. The number of nitro benzene ring substituents is 1. The van der Waals surface area contributed by atoms with E-state index in [-0.39, 0.29) is 18.0 Å². The van der Waals surface area contributed by atoms with Crippen LogP contribution in [0.1, 0.15) is 5.56 Å². The van der Waals surface area contributed by atoms with E-state index in [4.69, 9.17) is 9.84 Å². The molecule has 0 heterocycles. The molecule has 0 atom stereocenters. The second-order valence-electron chi connectivity index (χ2n) is 2.74. The molecule has 1 N–H and O–H groups in total. The van der Waals surface area contributed by atoms with Crippen LogP contribution in [-0.2, 0) is 0 Å². The summed E-state index contributed by atoms with van der Waals surface area (Å²) in [6, 6.07) is 4.77. The van der Waals surface area contributed by atoms with Crippen molar-refractivity contribution in [2.24, 2.45) is 0 Å². The highest BCUT2D eigenvalue weighted by Crippen LogP contribution is 2.31. The van der Waals surface area contributed by atoms with Crippen LogP contribution in [0, 0.1) is 10.1 Å². The fraction of sp³-hybridized carbons (Fsp3) is 0.200. The van der Waals surface area contributed by atoms with Crippen molar-refractivity contribution in [2.75, 3.05) is 13.7 Å². The van der Waals surface area contributed by atoms with Crippen molar-refractivity contribution in [3.63, 3.8) is 0 Å². The van der Waals surface area contributed by atoms with Gasteiger partial charge in [-0.25, -0.2) is 0 Å². The van der Waals surface area contributed by atoms with Crippen molar-refractivity contribution in [3.05, 3.63) is 40.0 Å². The smallest absolute Gasteiger partial charge is 0.318 e. The molecular formula is C10H11NO4. The van der Waals surface area contributed by atoms with Crippen molar-refractivity contribution >= 4 is 11.8 Å². The van der Waals surface area contributed by atoms with Crippen LogP contribution in [0.4, 0.5) is 5.69 Å². The number of benzene rings is 1. The van der Waals surface area contributed by atoms with Crippen LogP contribution in [0.25, 0.3) is 6.08 Å². The third-order valence-corrected chi connectivity index (χ3v) is 1.84.